The van der Waals surface area contributed by atoms with Crippen LogP contribution in [-0.4, -0.2) is 10.9 Å². The summed E-state index contributed by atoms with van der Waals surface area (Å²) >= 11 is 3.46. The summed E-state index contributed by atoms with van der Waals surface area (Å²) in [5.74, 6) is 0.0430. The zero-order chi connectivity index (χ0) is 13.5. The van der Waals surface area contributed by atoms with Gasteiger partial charge >= 0.3 is 0 Å². The highest BCUT2D eigenvalue weighted by Crippen LogP contribution is 2.15. The lowest BCUT2D eigenvalue weighted by Crippen LogP contribution is -2.23. The minimum Gasteiger partial charge on any atom is -0.352 e. The highest BCUT2D eigenvalue weighted by molar-refractivity contribution is 9.10. The van der Waals surface area contributed by atoms with Gasteiger partial charge in [-0.15, -0.1) is 0 Å². The standard InChI is InChI=1S/C15H15BrN2O/c16-14-7-2-1-5-12(14)11-18-15(19)9-8-13-6-3-4-10-17-13/h1-7,10H,8-9,11H2,(H,18,19). The van der Waals surface area contributed by atoms with Crippen LogP contribution in [0.1, 0.15) is 17.7 Å². The van der Waals surface area contributed by atoms with E-state index in [1.165, 1.54) is 0 Å². The summed E-state index contributed by atoms with van der Waals surface area (Å²) in [5.41, 5.74) is 2.02. The molecule has 0 unspecified atom stereocenters. The molecule has 1 aromatic heterocycles. The Morgan fingerprint density at radius 2 is 1.95 bits per heavy atom. The van der Waals surface area contributed by atoms with E-state index in [1.807, 2.05) is 42.5 Å². The molecule has 2 aromatic rings. The molecule has 98 valence electrons. The number of amides is 1. The van der Waals surface area contributed by atoms with E-state index >= 15 is 0 Å². The third-order valence-corrected chi connectivity index (χ3v) is 3.54. The molecule has 0 atom stereocenters. The minimum atomic E-state index is 0.0430. The van der Waals surface area contributed by atoms with Crippen LogP contribution < -0.4 is 5.32 Å². The third kappa shape index (κ3) is 4.48. The van der Waals surface area contributed by atoms with Crippen molar-refractivity contribution in [3.63, 3.8) is 0 Å². The summed E-state index contributed by atoms with van der Waals surface area (Å²) in [6.07, 6.45) is 2.87. The average Bonchev–Trinajstić information content (AvgIpc) is 2.45. The van der Waals surface area contributed by atoms with Crippen LogP contribution in [-0.2, 0) is 17.8 Å². The van der Waals surface area contributed by atoms with Crippen LogP contribution in [0.3, 0.4) is 0 Å². The van der Waals surface area contributed by atoms with Gasteiger partial charge in [0.2, 0.25) is 5.91 Å². The summed E-state index contributed by atoms with van der Waals surface area (Å²) < 4.78 is 1.01. The molecule has 0 bridgehead atoms. The highest BCUT2D eigenvalue weighted by atomic mass is 79.9. The Hall–Kier alpha value is -1.68. The van der Waals surface area contributed by atoms with Gasteiger partial charge in [-0.2, -0.15) is 0 Å². The molecule has 4 heteroatoms. The van der Waals surface area contributed by atoms with Crippen LogP contribution in [0.5, 0.6) is 0 Å². The molecular weight excluding hydrogens is 304 g/mol. The molecule has 0 aliphatic rings. The molecule has 0 saturated heterocycles. The van der Waals surface area contributed by atoms with Gasteiger partial charge in [0.05, 0.1) is 0 Å². The Morgan fingerprint density at radius 1 is 1.16 bits per heavy atom. The Bertz CT molecular complexity index is 543. The number of rotatable bonds is 5. The van der Waals surface area contributed by atoms with Gasteiger partial charge in [-0.1, -0.05) is 40.2 Å². The maximum Gasteiger partial charge on any atom is 0.220 e. The Labute approximate surface area is 121 Å². The van der Waals surface area contributed by atoms with E-state index in [0.29, 0.717) is 19.4 Å². The summed E-state index contributed by atoms with van der Waals surface area (Å²) in [7, 11) is 0. The van der Waals surface area contributed by atoms with Crippen molar-refractivity contribution in [3.05, 3.63) is 64.4 Å². The number of hydrogen-bond donors (Lipinski definition) is 1. The normalized spacial score (nSPS) is 10.2. The molecule has 0 aliphatic carbocycles. The van der Waals surface area contributed by atoms with Gasteiger partial charge in [0.25, 0.3) is 0 Å². The van der Waals surface area contributed by atoms with Crippen LogP contribution >= 0.6 is 15.9 Å². The average molecular weight is 319 g/mol. The first-order valence-corrected chi connectivity index (χ1v) is 6.95. The van der Waals surface area contributed by atoms with Crippen LogP contribution in [0, 0.1) is 0 Å². The van der Waals surface area contributed by atoms with E-state index in [4.69, 9.17) is 0 Å². The van der Waals surface area contributed by atoms with Crippen molar-refractivity contribution in [3.8, 4) is 0 Å². The number of carbonyl (C=O) groups excluding carboxylic acids is 1. The van der Waals surface area contributed by atoms with E-state index in [0.717, 1.165) is 15.7 Å². The molecule has 3 nitrogen and oxygen atoms in total. The zero-order valence-corrected chi connectivity index (χ0v) is 12.1. The van der Waals surface area contributed by atoms with E-state index in [-0.39, 0.29) is 5.91 Å². The quantitative estimate of drug-likeness (QED) is 0.920. The van der Waals surface area contributed by atoms with Crippen molar-refractivity contribution in [2.75, 3.05) is 0 Å². The number of nitrogens with one attached hydrogen (secondary N) is 1. The van der Waals surface area contributed by atoms with E-state index in [9.17, 15) is 4.79 Å². The molecule has 1 aromatic carbocycles. The zero-order valence-electron chi connectivity index (χ0n) is 10.5. The predicted molar refractivity (Wildman–Crippen MR) is 78.5 cm³/mol. The monoisotopic (exact) mass is 318 g/mol. The van der Waals surface area contributed by atoms with Crippen molar-refractivity contribution in [1.29, 1.82) is 0 Å². The van der Waals surface area contributed by atoms with Crippen molar-refractivity contribution >= 4 is 21.8 Å². The van der Waals surface area contributed by atoms with Crippen LogP contribution in [0.4, 0.5) is 0 Å². The molecule has 2 rings (SSSR count). The first-order chi connectivity index (χ1) is 9.25. The number of nitrogens with zero attached hydrogens (tertiary/aromatic N) is 1. The molecule has 0 spiro atoms. The van der Waals surface area contributed by atoms with Crippen LogP contribution in [0.15, 0.2) is 53.1 Å². The molecule has 1 N–H and O–H groups in total. The number of aryl methyl sites for hydroxylation is 1. The molecule has 0 saturated carbocycles. The highest BCUT2D eigenvalue weighted by Gasteiger charge is 2.04. The first kappa shape index (κ1) is 13.7. The fraction of sp³-hybridized carbons (Fsp3) is 0.200. The second kappa shape index (κ2) is 7.04. The lowest BCUT2D eigenvalue weighted by atomic mass is 10.2. The number of pyridine rings is 1. The number of halogens is 1. The van der Waals surface area contributed by atoms with E-state index < -0.39 is 0 Å². The van der Waals surface area contributed by atoms with Gasteiger partial charge in [-0.05, 0) is 30.2 Å². The van der Waals surface area contributed by atoms with Crippen LogP contribution in [0.25, 0.3) is 0 Å². The van der Waals surface area contributed by atoms with Gasteiger partial charge in [0.15, 0.2) is 0 Å². The second-order valence-corrected chi connectivity index (χ2v) is 5.04. The Morgan fingerprint density at radius 3 is 2.68 bits per heavy atom. The van der Waals surface area contributed by atoms with E-state index in [2.05, 4.69) is 26.2 Å². The minimum absolute atomic E-state index is 0.0430. The van der Waals surface area contributed by atoms with E-state index in [1.54, 1.807) is 6.20 Å². The molecule has 0 radical (unpaired) electrons. The number of hydrogen-bond acceptors (Lipinski definition) is 2. The maximum atomic E-state index is 11.7. The fourth-order valence-electron chi connectivity index (χ4n) is 1.71. The lowest BCUT2D eigenvalue weighted by molar-refractivity contribution is -0.121. The summed E-state index contributed by atoms with van der Waals surface area (Å²) in [4.78, 5) is 15.9. The number of benzene rings is 1. The fourth-order valence-corrected chi connectivity index (χ4v) is 2.14. The topological polar surface area (TPSA) is 42.0 Å². The van der Waals surface area contributed by atoms with Crippen molar-refractivity contribution in [2.45, 2.75) is 19.4 Å². The third-order valence-electron chi connectivity index (χ3n) is 2.77. The number of carbonyl (C=O) groups is 1. The SMILES string of the molecule is O=C(CCc1ccccn1)NCc1ccccc1Br. The number of aromatic nitrogens is 1. The summed E-state index contributed by atoms with van der Waals surface area (Å²) in [5, 5.41) is 2.91. The van der Waals surface area contributed by atoms with Gasteiger partial charge < -0.3 is 5.32 Å². The Balaban J connectivity index is 1.78. The van der Waals surface area contributed by atoms with Gasteiger partial charge in [-0.25, -0.2) is 0 Å². The van der Waals surface area contributed by atoms with Gasteiger partial charge in [0, 0.05) is 29.3 Å². The predicted octanol–water partition coefficient (Wildman–Crippen LogP) is 3.09. The first-order valence-electron chi connectivity index (χ1n) is 6.16. The molecule has 0 fully saturated rings. The molecular formula is C15H15BrN2O. The van der Waals surface area contributed by atoms with Crippen LogP contribution in [0.2, 0.25) is 0 Å². The lowest BCUT2D eigenvalue weighted by Gasteiger charge is -2.06. The molecule has 0 aliphatic heterocycles. The smallest absolute Gasteiger partial charge is 0.220 e. The Kier molecular flexibility index (Phi) is 5.10. The summed E-state index contributed by atoms with van der Waals surface area (Å²) in [6.45, 7) is 0.544. The largest absolute Gasteiger partial charge is 0.352 e. The van der Waals surface area contributed by atoms with Gasteiger partial charge in [-0.3, -0.25) is 9.78 Å². The van der Waals surface area contributed by atoms with Gasteiger partial charge in [0.1, 0.15) is 0 Å². The van der Waals surface area contributed by atoms with Crippen molar-refractivity contribution < 1.29 is 4.79 Å². The maximum absolute atomic E-state index is 11.7. The molecule has 19 heavy (non-hydrogen) atoms. The van der Waals surface area contributed by atoms with Crippen molar-refractivity contribution in [2.24, 2.45) is 0 Å². The second-order valence-electron chi connectivity index (χ2n) is 4.19. The molecule has 1 heterocycles. The van der Waals surface area contributed by atoms with Crippen molar-refractivity contribution in [1.82, 2.24) is 10.3 Å². The summed E-state index contributed by atoms with van der Waals surface area (Å²) in [6, 6.07) is 13.6. The molecule has 1 amide bonds.